The van der Waals surface area contributed by atoms with Crippen LogP contribution in [0.15, 0.2) is 53.3 Å². The molecule has 0 bridgehead atoms. The van der Waals surface area contributed by atoms with Crippen molar-refractivity contribution in [2.75, 3.05) is 0 Å². The van der Waals surface area contributed by atoms with Crippen molar-refractivity contribution >= 4 is 21.8 Å². The highest BCUT2D eigenvalue weighted by atomic mass is 79.9. The first kappa shape index (κ1) is 17.9. The van der Waals surface area contributed by atoms with E-state index in [1.807, 2.05) is 48.0 Å². The highest BCUT2D eigenvalue weighted by Gasteiger charge is 2.26. The second kappa shape index (κ2) is 7.64. The predicted molar refractivity (Wildman–Crippen MR) is 108 cm³/mol. The normalized spacial score (nSPS) is 14.4. The Kier molecular flexibility index (Phi) is 5.07. The van der Waals surface area contributed by atoms with E-state index in [-0.39, 0.29) is 11.9 Å². The minimum atomic E-state index is -0.117. The van der Waals surface area contributed by atoms with E-state index < -0.39 is 0 Å². The number of benzene rings is 1. The van der Waals surface area contributed by atoms with E-state index in [2.05, 4.69) is 26.2 Å². The van der Waals surface area contributed by atoms with Crippen molar-refractivity contribution in [1.29, 1.82) is 0 Å². The van der Waals surface area contributed by atoms with Gasteiger partial charge in [0.2, 0.25) is 0 Å². The maximum absolute atomic E-state index is 13.0. The summed E-state index contributed by atoms with van der Waals surface area (Å²) in [6.45, 7) is 1.98. The topological polar surface area (TPSA) is 59.8 Å². The average molecular weight is 425 g/mol. The van der Waals surface area contributed by atoms with Crippen molar-refractivity contribution in [2.45, 2.75) is 38.6 Å². The summed E-state index contributed by atoms with van der Waals surface area (Å²) in [7, 11) is 0. The Morgan fingerprint density at radius 3 is 2.56 bits per heavy atom. The molecule has 1 aliphatic carbocycles. The molecule has 1 amide bonds. The van der Waals surface area contributed by atoms with Crippen LogP contribution in [0.4, 0.5) is 0 Å². The average Bonchev–Trinajstić information content (AvgIpc) is 3.09. The molecule has 0 saturated carbocycles. The third-order valence-electron chi connectivity index (χ3n) is 5.02. The van der Waals surface area contributed by atoms with Crippen molar-refractivity contribution < 1.29 is 4.79 Å². The number of nitrogens with one attached hydrogen (secondary N) is 1. The lowest BCUT2D eigenvalue weighted by Gasteiger charge is -2.15. The number of carbonyl (C=O) groups excluding carboxylic acids is 1. The molecule has 2 heterocycles. The molecule has 4 rings (SSSR count). The molecule has 1 N–H and O–H groups in total. The third-order valence-corrected chi connectivity index (χ3v) is 5.55. The molecule has 27 heavy (non-hydrogen) atoms. The van der Waals surface area contributed by atoms with Gasteiger partial charge in [0.1, 0.15) is 0 Å². The van der Waals surface area contributed by atoms with E-state index >= 15 is 0 Å². The highest BCUT2D eigenvalue weighted by molar-refractivity contribution is 9.10. The first-order valence-corrected chi connectivity index (χ1v) is 10.0. The van der Waals surface area contributed by atoms with Crippen molar-refractivity contribution in [1.82, 2.24) is 20.1 Å². The number of hydrogen-bond donors (Lipinski definition) is 1. The van der Waals surface area contributed by atoms with Gasteiger partial charge in [-0.25, -0.2) is 4.68 Å². The van der Waals surface area contributed by atoms with Gasteiger partial charge in [0, 0.05) is 28.1 Å². The van der Waals surface area contributed by atoms with Gasteiger partial charge < -0.3 is 5.32 Å². The first-order valence-electron chi connectivity index (χ1n) is 9.21. The lowest BCUT2D eigenvalue weighted by Crippen LogP contribution is -2.28. The van der Waals surface area contributed by atoms with Gasteiger partial charge in [0.25, 0.3) is 5.91 Å². The smallest absolute Gasteiger partial charge is 0.272 e. The number of nitrogens with zero attached hydrogens (tertiary/aromatic N) is 3. The summed E-state index contributed by atoms with van der Waals surface area (Å²) in [5.41, 5.74) is 4.81. The molecular weight excluding hydrogens is 404 g/mol. The quantitative estimate of drug-likeness (QED) is 0.674. The van der Waals surface area contributed by atoms with Crippen LogP contribution >= 0.6 is 15.9 Å². The standard InChI is InChI=1S/C21H21BrN4O/c1-14(15-10-12-23-13-11-15)24-21(27)20-18-4-2-3-5-19(18)26(25-20)17-8-6-16(22)7-9-17/h6-14H,2-5H2,1H3,(H,24,27)/t14-/m0/s1. The summed E-state index contributed by atoms with van der Waals surface area (Å²) in [6.07, 6.45) is 7.55. The molecule has 2 aromatic heterocycles. The number of amides is 1. The summed E-state index contributed by atoms with van der Waals surface area (Å²) < 4.78 is 2.96. The lowest BCUT2D eigenvalue weighted by molar-refractivity contribution is 0.0933. The van der Waals surface area contributed by atoms with Gasteiger partial charge in [-0.05, 0) is 74.6 Å². The monoisotopic (exact) mass is 424 g/mol. The van der Waals surface area contributed by atoms with Crippen molar-refractivity contribution in [2.24, 2.45) is 0 Å². The maximum Gasteiger partial charge on any atom is 0.272 e. The fraction of sp³-hybridized carbons (Fsp3) is 0.286. The van der Waals surface area contributed by atoms with Crippen molar-refractivity contribution in [3.05, 3.63) is 75.8 Å². The van der Waals surface area contributed by atoms with Gasteiger partial charge in [-0.15, -0.1) is 0 Å². The van der Waals surface area contributed by atoms with E-state index in [4.69, 9.17) is 5.10 Å². The number of fused-ring (bicyclic) bond motifs is 1. The summed E-state index contributed by atoms with van der Waals surface area (Å²) >= 11 is 3.47. The Bertz CT molecular complexity index is 950. The van der Waals surface area contributed by atoms with Crippen LogP contribution in [-0.4, -0.2) is 20.7 Å². The highest BCUT2D eigenvalue weighted by Crippen LogP contribution is 2.28. The second-order valence-electron chi connectivity index (χ2n) is 6.84. The maximum atomic E-state index is 13.0. The minimum Gasteiger partial charge on any atom is -0.344 e. The zero-order valence-electron chi connectivity index (χ0n) is 15.2. The van der Waals surface area contributed by atoms with E-state index in [9.17, 15) is 4.79 Å². The molecule has 0 saturated heterocycles. The molecule has 5 nitrogen and oxygen atoms in total. The number of carbonyl (C=O) groups is 1. The van der Waals surface area contributed by atoms with E-state index in [1.165, 1.54) is 0 Å². The van der Waals surface area contributed by atoms with E-state index in [0.29, 0.717) is 5.69 Å². The lowest BCUT2D eigenvalue weighted by atomic mass is 9.95. The summed E-state index contributed by atoms with van der Waals surface area (Å²) in [5.74, 6) is -0.117. The Morgan fingerprint density at radius 2 is 1.81 bits per heavy atom. The van der Waals surface area contributed by atoms with Crippen LogP contribution in [0.2, 0.25) is 0 Å². The SMILES string of the molecule is C[C@H](NC(=O)c1nn(-c2ccc(Br)cc2)c2c1CCCC2)c1ccncc1. The van der Waals surface area contributed by atoms with Crippen molar-refractivity contribution in [3.8, 4) is 5.69 Å². The first-order chi connectivity index (χ1) is 13.1. The fourth-order valence-electron chi connectivity index (χ4n) is 3.58. The zero-order chi connectivity index (χ0) is 18.8. The van der Waals surface area contributed by atoms with Gasteiger partial charge in [-0.1, -0.05) is 15.9 Å². The molecule has 1 atom stereocenters. The summed E-state index contributed by atoms with van der Waals surface area (Å²) in [6, 6.07) is 11.8. The molecule has 0 radical (unpaired) electrons. The molecule has 1 aromatic carbocycles. The molecular formula is C21H21BrN4O. The van der Waals surface area contributed by atoms with Gasteiger partial charge >= 0.3 is 0 Å². The molecule has 0 spiro atoms. The second-order valence-corrected chi connectivity index (χ2v) is 7.76. The molecule has 0 unspecified atom stereocenters. The van der Waals surface area contributed by atoms with Crippen LogP contribution in [0, 0.1) is 0 Å². The summed E-state index contributed by atoms with van der Waals surface area (Å²) in [4.78, 5) is 17.0. The van der Waals surface area contributed by atoms with Crippen molar-refractivity contribution in [3.63, 3.8) is 0 Å². The van der Waals surface area contributed by atoms with Gasteiger partial charge in [0.05, 0.1) is 11.7 Å². The number of hydrogen-bond acceptors (Lipinski definition) is 3. The Morgan fingerprint density at radius 1 is 1.11 bits per heavy atom. The molecule has 1 aliphatic rings. The number of rotatable bonds is 4. The third kappa shape index (κ3) is 3.67. The van der Waals surface area contributed by atoms with Gasteiger partial charge in [-0.2, -0.15) is 5.10 Å². The Hall–Kier alpha value is -2.47. The molecule has 0 fully saturated rings. The summed E-state index contributed by atoms with van der Waals surface area (Å²) in [5, 5.41) is 7.80. The van der Waals surface area contributed by atoms with Crippen LogP contribution in [0.5, 0.6) is 0 Å². The fourth-order valence-corrected chi connectivity index (χ4v) is 3.84. The number of aromatic nitrogens is 3. The Balaban J connectivity index is 1.66. The van der Waals surface area contributed by atoms with Crippen LogP contribution in [0.25, 0.3) is 5.69 Å². The Labute approximate surface area is 167 Å². The van der Waals surface area contributed by atoms with Crippen LogP contribution < -0.4 is 5.32 Å². The molecule has 6 heteroatoms. The van der Waals surface area contributed by atoms with Crippen LogP contribution in [0.3, 0.4) is 0 Å². The van der Waals surface area contributed by atoms with Crippen LogP contribution in [-0.2, 0) is 12.8 Å². The van der Waals surface area contributed by atoms with E-state index in [1.54, 1.807) is 12.4 Å². The number of halogens is 1. The van der Waals surface area contributed by atoms with Gasteiger partial charge in [0.15, 0.2) is 5.69 Å². The molecule has 0 aliphatic heterocycles. The molecule has 3 aromatic rings. The largest absolute Gasteiger partial charge is 0.344 e. The molecule has 138 valence electrons. The number of pyridine rings is 1. The minimum absolute atomic E-state index is 0.0995. The predicted octanol–water partition coefficient (Wildman–Crippen LogP) is 4.40. The van der Waals surface area contributed by atoms with E-state index in [0.717, 1.165) is 52.7 Å². The van der Waals surface area contributed by atoms with Crippen LogP contribution in [0.1, 0.15) is 53.1 Å². The zero-order valence-corrected chi connectivity index (χ0v) is 16.7. The van der Waals surface area contributed by atoms with Gasteiger partial charge in [-0.3, -0.25) is 9.78 Å².